The Bertz CT molecular complexity index is 826. The van der Waals surface area contributed by atoms with Crippen LogP contribution in [0.3, 0.4) is 0 Å². The predicted octanol–water partition coefficient (Wildman–Crippen LogP) is 2.24. The van der Waals surface area contributed by atoms with Crippen molar-refractivity contribution in [2.75, 3.05) is 0 Å². The van der Waals surface area contributed by atoms with Gasteiger partial charge in [-0.3, -0.25) is 0 Å². The van der Waals surface area contributed by atoms with Gasteiger partial charge in [0.2, 0.25) is 0 Å². The van der Waals surface area contributed by atoms with E-state index in [1.165, 1.54) is 0 Å². The lowest BCUT2D eigenvalue weighted by Crippen LogP contribution is -2.12. The fourth-order valence-electron chi connectivity index (χ4n) is 2.21. The van der Waals surface area contributed by atoms with Gasteiger partial charge in [-0.1, -0.05) is 10.3 Å². The number of hydrogen-bond acceptors (Lipinski definition) is 5. The lowest BCUT2D eigenvalue weighted by molar-refractivity contribution is 0.318. The normalized spacial score (nSPS) is 13.1. The summed E-state index contributed by atoms with van der Waals surface area (Å²) in [4.78, 5) is 0. The second-order valence-corrected chi connectivity index (χ2v) is 5.58. The quantitative estimate of drug-likeness (QED) is 0.251. The molecular formula is C14H12N4O2S. The number of nitrogens with two attached hydrogens (primary N) is 2. The number of hydrogen-bond donors (Lipinski definition) is 4. The zero-order valence-corrected chi connectivity index (χ0v) is 11.6. The van der Waals surface area contributed by atoms with Crippen molar-refractivity contribution >= 4 is 43.2 Å². The van der Waals surface area contributed by atoms with E-state index in [0.29, 0.717) is 11.1 Å². The maximum atomic E-state index is 8.78. The number of amidine groups is 2. The minimum absolute atomic E-state index is 0.0591. The van der Waals surface area contributed by atoms with Gasteiger partial charge in [0.15, 0.2) is 11.7 Å². The molecule has 1 heterocycles. The average Bonchev–Trinajstić information content (AvgIpc) is 2.90. The zero-order valence-electron chi connectivity index (χ0n) is 10.8. The van der Waals surface area contributed by atoms with Crippen LogP contribution in [0.2, 0.25) is 0 Å². The van der Waals surface area contributed by atoms with Crippen molar-refractivity contribution in [3.05, 3.63) is 47.5 Å². The van der Waals surface area contributed by atoms with Crippen molar-refractivity contribution < 1.29 is 10.4 Å². The van der Waals surface area contributed by atoms with E-state index < -0.39 is 0 Å². The van der Waals surface area contributed by atoms with Crippen LogP contribution in [0.5, 0.6) is 0 Å². The number of fused-ring (bicyclic) bond motifs is 3. The molecule has 0 aliphatic heterocycles. The van der Waals surface area contributed by atoms with Crippen LogP contribution < -0.4 is 11.5 Å². The highest BCUT2D eigenvalue weighted by Crippen LogP contribution is 2.34. The molecule has 0 amide bonds. The van der Waals surface area contributed by atoms with E-state index in [1.807, 2.05) is 24.3 Å². The summed E-state index contributed by atoms with van der Waals surface area (Å²) in [5.41, 5.74) is 12.5. The summed E-state index contributed by atoms with van der Waals surface area (Å²) in [5, 5.41) is 25.5. The Labute approximate surface area is 123 Å². The van der Waals surface area contributed by atoms with E-state index >= 15 is 0 Å². The van der Waals surface area contributed by atoms with Crippen LogP contribution in [-0.4, -0.2) is 22.1 Å². The molecule has 0 aliphatic rings. The molecule has 0 spiro atoms. The van der Waals surface area contributed by atoms with Crippen molar-refractivity contribution in [3.63, 3.8) is 0 Å². The summed E-state index contributed by atoms with van der Waals surface area (Å²) in [6.07, 6.45) is 0. The van der Waals surface area contributed by atoms with Crippen LogP contribution in [-0.2, 0) is 0 Å². The first-order valence-electron chi connectivity index (χ1n) is 6.06. The molecule has 0 unspecified atom stereocenters. The monoisotopic (exact) mass is 300 g/mol. The third kappa shape index (κ3) is 2.13. The fraction of sp³-hybridized carbons (Fsp3) is 0. The van der Waals surface area contributed by atoms with Gasteiger partial charge in [-0.2, -0.15) is 0 Å². The summed E-state index contributed by atoms with van der Waals surface area (Å²) in [6, 6.07) is 11.2. The van der Waals surface area contributed by atoms with Gasteiger partial charge >= 0.3 is 0 Å². The van der Waals surface area contributed by atoms with Crippen LogP contribution in [0, 0.1) is 0 Å². The molecule has 3 aromatic rings. The van der Waals surface area contributed by atoms with Gasteiger partial charge in [-0.25, -0.2) is 0 Å². The Hall–Kier alpha value is -2.80. The fourth-order valence-corrected chi connectivity index (χ4v) is 3.28. The number of oxime groups is 2. The van der Waals surface area contributed by atoms with Gasteiger partial charge in [-0.15, -0.1) is 11.3 Å². The lowest BCUT2D eigenvalue weighted by Gasteiger charge is -2.00. The van der Waals surface area contributed by atoms with Gasteiger partial charge in [0.1, 0.15) is 0 Å². The Morgan fingerprint density at radius 3 is 1.62 bits per heavy atom. The number of thiophene rings is 1. The predicted molar refractivity (Wildman–Crippen MR) is 84.4 cm³/mol. The molecular weight excluding hydrogens is 288 g/mol. The summed E-state index contributed by atoms with van der Waals surface area (Å²) in [7, 11) is 0. The maximum Gasteiger partial charge on any atom is 0.170 e. The van der Waals surface area contributed by atoms with Crippen molar-refractivity contribution in [2.45, 2.75) is 0 Å². The molecule has 6 N–H and O–H groups in total. The van der Waals surface area contributed by atoms with Gasteiger partial charge in [0.25, 0.3) is 0 Å². The molecule has 6 nitrogen and oxygen atoms in total. The van der Waals surface area contributed by atoms with E-state index in [0.717, 1.165) is 20.2 Å². The highest BCUT2D eigenvalue weighted by atomic mass is 32.1. The summed E-state index contributed by atoms with van der Waals surface area (Å²) >= 11 is 1.63. The Kier molecular flexibility index (Phi) is 3.11. The van der Waals surface area contributed by atoms with E-state index in [2.05, 4.69) is 10.3 Å². The number of rotatable bonds is 2. The van der Waals surface area contributed by atoms with Gasteiger partial charge in [0, 0.05) is 31.3 Å². The zero-order chi connectivity index (χ0) is 15.0. The van der Waals surface area contributed by atoms with Crippen molar-refractivity contribution in [1.29, 1.82) is 0 Å². The molecule has 21 heavy (non-hydrogen) atoms. The van der Waals surface area contributed by atoms with Gasteiger partial charge < -0.3 is 21.9 Å². The molecule has 0 aliphatic carbocycles. The highest BCUT2D eigenvalue weighted by Gasteiger charge is 2.09. The first-order chi connectivity index (χ1) is 10.1. The molecule has 0 fully saturated rings. The molecule has 7 heteroatoms. The van der Waals surface area contributed by atoms with Crippen molar-refractivity contribution in [2.24, 2.45) is 21.8 Å². The van der Waals surface area contributed by atoms with E-state index in [1.54, 1.807) is 23.5 Å². The molecule has 0 saturated carbocycles. The van der Waals surface area contributed by atoms with Gasteiger partial charge in [-0.05, 0) is 36.4 Å². The molecule has 0 saturated heterocycles. The summed E-state index contributed by atoms with van der Waals surface area (Å²) < 4.78 is 2.16. The number of nitrogens with zero attached hydrogens (tertiary/aromatic N) is 2. The van der Waals surface area contributed by atoms with Crippen LogP contribution in [0.15, 0.2) is 46.7 Å². The molecule has 2 aromatic carbocycles. The van der Waals surface area contributed by atoms with E-state index in [-0.39, 0.29) is 11.7 Å². The van der Waals surface area contributed by atoms with Crippen LogP contribution in [0.4, 0.5) is 0 Å². The van der Waals surface area contributed by atoms with Crippen molar-refractivity contribution in [3.8, 4) is 0 Å². The molecule has 3 rings (SSSR count). The number of benzene rings is 2. The second-order valence-electron chi connectivity index (χ2n) is 4.49. The average molecular weight is 300 g/mol. The van der Waals surface area contributed by atoms with Crippen molar-refractivity contribution in [1.82, 2.24) is 0 Å². The van der Waals surface area contributed by atoms with E-state index in [9.17, 15) is 0 Å². The lowest BCUT2D eigenvalue weighted by atomic mass is 10.1. The SMILES string of the molecule is NC(=NO)c1ccc2sc3ccc(C(N)=NO)cc3c2c1. The first-order valence-corrected chi connectivity index (χ1v) is 6.88. The Morgan fingerprint density at radius 1 is 0.810 bits per heavy atom. The first kappa shape index (κ1) is 13.2. The minimum Gasteiger partial charge on any atom is -0.409 e. The Morgan fingerprint density at radius 2 is 1.24 bits per heavy atom. The van der Waals surface area contributed by atoms with Crippen LogP contribution in [0.1, 0.15) is 11.1 Å². The molecule has 1 aromatic heterocycles. The highest BCUT2D eigenvalue weighted by molar-refractivity contribution is 7.25. The van der Waals surface area contributed by atoms with Gasteiger partial charge in [0.05, 0.1) is 0 Å². The summed E-state index contributed by atoms with van der Waals surface area (Å²) in [6.45, 7) is 0. The van der Waals surface area contributed by atoms with E-state index in [4.69, 9.17) is 21.9 Å². The Balaban J connectivity index is 2.31. The molecule has 106 valence electrons. The maximum absolute atomic E-state index is 8.78. The topological polar surface area (TPSA) is 117 Å². The van der Waals surface area contributed by atoms with Crippen LogP contribution >= 0.6 is 11.3 Å². The molecule has 0 radical (unpaired) electrons. The standard InChI is InChI=1S/C14H12N4O2S/c15-13(17-19)7-1-3-11-9(5-7)10-6-8(14(16)18-20)2-4-12(10)21-11/h1-6,19-20H,(H2,15,17)(H2,16,18). The third-order valence-corrected chi connectivity index (χ3v) is 4.43. The second kappa shape index (κ2) is 4.95. The molecule has 0 atom stereocenters. The smallest absolute Gasteiger partial charge is 0.170 e. The summed E-state index contributed by atoms with van der Waals surface area (Å²) in [5.74, 6) is 0.118. The largest absolute Gasteiger partial charge is 0.409 e. The van der Waals surface area contributed by atoms with Crippen LogP contribution in [0.25, 0.3) is 20.2 Å². The third-order valence-electron chi connectivity index (χ3n) is 3.28. The minimum atomic E-state index is 0.0591. The molecule has 0 bridgehead atoms.